The molecule has 7 nitrogen and oxygen atoms in total. The lowest BCUT2D eigenvalue weighted by atomic mass is 9.65. The molecule has 3 aromatic rings. The van der Waals surface area contributed by atoms with Gasteiger partial charge in [-0.2, -0.15) is 0 Å². The van der Waals surface area contributed by atoms with Crippen molar-refractivity contribution in [3.8, 4) is 5.75 Å². The molecule has 2 saturated heterocycles. The number of hydrogen-bond donors (Lipinski definition) is 3. The van der Waals surface area contributed by atoms with Crippen molar-refractivity contribution in [1.29, 1.82) is 0 Å². The molecule has 2 amide bonds. The van der Waals surface area contributed by atoms with Crippen molar-refractivity contribution in [3.05, 3.63) is 83.4 Å². The minimum Gasteiger partial charge on any atom is -0.507 e. The highest BCUT2D eigenvalue weighted by molar-refractivity contribution is 6.22. The van der Waals surface area contributed by atoms with Crippen LogP contribution in [-0.4, -0.2) is 27.8 Å². The number of rotatable bonds is 4. The molecule has 38 heavy (non-hydrogen) atoms. The topological polar surface area (TPSA) is 99.1 Å². The van der Waals surface area contributed by atoms with Crippen LogP contribution in [0.5, 0.6) is 5.75 Å². The summed E-state index contributed by atoms with van der Waals surface area (Å²) in [6.07, 6.45) is 0.384. The van der Waals surface area contributed by atoms with Crippen molar-refractivity contribution >= 4 is 28.9 Å². The molecule has 1 saturated carbocycles. The summed E-state index contributed by atoms with van der Waals surface area (Å²) < 4.78 is 6.29. The zero-order chi connectivity index (χ0) is 26.8. The van der Waals surface area contributed by atoms with Crippen LogP contribution >= 0.6 is 0 Å². The molecule has 6 atom stereocenters. The Labute approximate surface area is 222 Å². The van der Waals surface area contributed by atoms with Crippen LogP contribution in [0.2, 0.25) is 0 Å². The summed E-state index contributed by atoms with van der Waals surface area (Å²) in [6.45, 7) is 5.56. The van der Waals surface area contributed by atoms with Gasteiger partial charge in [0, 0.05) is 23.2 Å². The molecular formula is C31H32N2O5. The normalized spacial score (nSPS) is 30.3. The Morgan fingerprint density at radius 1 is 0.921 bits per heavy atom. The Balaban J connectivity index is 1.27. The second-order valence-electron chi connectivity index (χ2n) is 11.0. The number of anilines is 3. The van der Waals surface area contributed by atoms with Crippen molar-refractivity contribution < 1.29 is 24.5 Å². The minimum absolute atomic E-state index is 0.211. The summed E-state index contributed by atoms with van der Waals surface area (Å²) in [4.78, 5) is 28.7. The van der Waals surface area contributed by atoms with Crippen LogP contribution < -0.4 is 10.2 Å². The quantitative estimate of drug-likeness (QED) is 0.407. The van der Waals surface area contributed by atoms with Gasteiger partial charge in [-0.15, -0.1) is 0 Å². The molecule has 1 aliphatic carbocycles. The van der Waals surface area contributed by atoms with E-state index in [0.29, 0.717) is 18.5 Å². The number of ether oxygens (including phenoxy) is 1. The van der Waals surface area contributed by atoms with Crippen LogP contribution in [0.1, 0.15) is 42.6 Å². The van der Waals surface area contributed by atoms with E-state index in [1.165, 1.54) is 4.90 Å². The highest BCUT2D eigenvalue weighted by atomic mass is 16.6. The van der Waals surface area contributed by atoms with Crippen LogP contribution in [0.4, 0.5) is 17.1 Å². The van der Waals surface area contributed by atoms with Crippen LogP contribution in [0, 0.1) is 37.5 Å². The number of fused-ring (bicyclic) bond motifs is 3. The molecule has 0 radical (unpaired) electrons. The Morgan fingerprint density at radius 2 is 1.55 bits per heavy atom. The van der Waals surface area contributed by atoms with Gasteiger partial charge in [-0.1, -0.05) is 25.1 Å². The Kier molecular flexibility index (Phi) is 5.81. The zero-order valence-electron chi connectivity index (χ0n) is 21.7. The maximum atomic E-state index is 13.8. The molecule has 7 heteroatoms. The first kappa shape index (κ1) is 24.6. The number of aromatic hydroxyl groups is 1. The molecule has 0 bridgehead atoms. The first-order valence-electron chi connectivity index (χ1n) is 13.2. The fraction of sp³-hybridized carbons (Fsp3) is 0.355. The van der Waals surface area contributed by atoms with Gasteiger partial charge in [0.25, 0.3) is 0 Å². The average Bonchev–Trinajstić information content (AvgIpc) is 3.38. The van der Waals surface area contributed by atoms with E-state index < -0.39 is 29.6 Å². The third kappa shape index (κ3) is 3.80. The van der Waals surface area contributed by atoms with Crippen molar-refractivity contribution in [2.45, 2.75) is 45.5 Å². The zero-order valence-corrected chi connectivity index (χ0v) is 21.7. The molecular weight excluding hydrogens is 480 g/mol. The minimum atomic E-state index is -1.50. The highest BCUT2D eigenvalue weighted by Crippen LogP contribution is 2.58. The summed E-state index contributed by atoms with van der Waals surface area (Å²) in [5.74, 6) is -3.69. The van der Waals surface area contributed by atoms with Crippen LogP contribution in [0.3, 0.4) is 0 Å². The van der Waals surface area contributed by atoms with E-state index in [1.807, 2.05) is 75.4 Å². The molecule has 2 aliphatic heterocycles. The van der Waals surface area contributed by atoms with E-state index in [-0.39, 0.29) is 23.5 Å². The third-order valence-corrected chi connectivity index (χ3v) is 8.63. The number of benzene rings is 3. The number of carbonyl (C=O) groups excluding carboxylic acids is 2. The van der Waals surface area contributed by atoms with Crippen molar-refractivity contribution in [2.24, 2.45) is 23.7 Å². The first-order chi connectivity index (χ1) is 18.2. The van der Waals surface area contributed by atoms with Gasteiger partial charge in [-0.25, -0.2) is 0 Å². The second-order valence-corrected chi connectivity index (χ2v) is 11.0. The number of phenols is 1. The number of imide groups is 1. The first-order valence-corrected chi connectivity index (χ1v) is 13.2. The average molecular weight is 513 g/mol. The third-order valence-electron chi connectivity index (χ3n) is 8.63. The number of hydrogen-bond acceptors (Lipinski definition) is 6. The number of amides is 2. The summed E-state index contributed by atoms with van der Waals surface area (Å²) in [6, 6.07) is 20.8. The molecule has 0 unspecified atom stereocenters. The van der Waals surface area contributed by atoms with Gasteiger partial charge in [0.2, 0.25) is 11.8 Å². The molecule has 0 spiro atoms. The van der Waals surface area contributed by atoms with E-state index in [1.54, 1.807) is 12.1 Å². The molecule has 196 valence electrons. The lowest BCUT2D eigenvalue weighted by Gasteiger charge is -2.43. The lowest BCUT2D eigenvalue weighted by Crippen LogP contribution is -2.52. The number of carbonyl (C=O) groups is 2. The van der Waals surface area contributed by atoms with E-state index in [2.05, 4.69) is 5.32 Å². The maximum Gasteiger partial charge on any atom is 0.238 e. The van der Waals surface area contributed by atoms with Gasteiger partial charge in [0.05, 0.1) is 23.6 Å². The largest absolute Gasteiger partial charge is 0.507 e. The van der Waals surface area contributed by atoms with E-state index >= 15 is 0 Å². The van der Waals surface area contributed by atoms with E-state index in [0.717, 1.165) is 28.1 Å². The molecule has 6 rings (SSSR count). The standard InChI is InChI=1S/C31H32N2O5/c1-17-13-20(14-18(2)28(17)34)26-16-25-27-24(15-19(3)31(25,37)38-26)29(35)33(30(27)36)23-11-9-22(10-12-23)32-21-7-5-4-6-8-21/h4-14,19,24-27,32,34,37H,15-16H2,1-3H3/t19-,24-,25-,26-,27-,31+/m0/s1. The molecule has 3 N–H and O–H groups in total. The highest BCUT2D eigenvalue weighted by Gasteiger charge is 2.66. The fourth-order valence-electron chi connectivity index (χ4n) is 6.66. The summed E-state index contributed by atoms with van der Waals surface area (Å²) in [5, 5.41) is 25.2. The van der Waals surface area contributed by atoms with Crippen molar-refractivity contribution in [1.82, 2.24) is 0 Å². The molecule has 3 aliphatic rings. The van der Waals surface area contributed by atoms with Crippen LogP contribution in [0.15, 0.2) is 66.7 Å². The molecule has 3 fully saturated rings. The van der Waals surface area contributed by atoms with Crippen LogP contribution in [-0.2, 0) is 14.3 Å². The maximum absolute atomic E-state index is 13.8. The number of nitrogens with zero attached hydrogens (tertiary/aromatic N) is 1. The number of aryl methyl sites for hydroxylation is 2. The number of phenolic OH excluding ortho intramolecular Hbond substituents is 1. The fourth-order valence-corrected chi connectivity index (χ4v) is 6.66. The molecule has 0 aromatic heterocycles. The van der Waals surface area contributed by atoms with Crippen molar-refractivity contribution in [2.75, 3.05) is 10.2 Å². The Morgan fingerprint density at radius 3 is 2.21 bits per heavy atom. The van der Waals surface area contributed by atoms with E-state index in [9.17, 15) is 19.8 Å². The van der Waals surface area contributed by atoms with Crippen molar-refractivity contribution in [3.63, 3.8) is 0 Å². The number of aliphatic hydroxyl groups is 1. The lowest BCUT2D eigenvalue weighted by molar-refractivity contribution is -0.265. The molecule has 3 aromatic carbocycles. The monoisotopic (exact) mass is 512 g/mol. The molecule has 2 heterocycles. The van der Waals surface area contributed by atoms with Gasteiger partial charge in [0.1, 0.15) is 5.75 Å². The van der Waals surface area contributed by atoms with Gasteiger partial charge < -0.3 is 20.3 Å². The Bertz CT molecular complexity index is 1380. The predicted molar refractivity (Wildman–Crippen MR) is 144 cm³/mol. The predicted octanol–water partition coefficient (Wildman–Crippen LogP) is 5.36. The van der Waals surface area contributed by atoms with Crippen LogP contribution in [0.25, 0.3) is 0 Å². The summed E-state index contributed by atoms with van der Waals surface area (Å²) in [5.41, 5.74) is 4.66. The summed E-state index contributed by atoms with van der Waals surface area (Å²) >= 11 is 0. The van der Waals surface area contributed by atoms with Gasteiger partial charge in [0.15, 0.2) is 5.79 Å². The Hall–Kier alpha value is -3.68. The second kappa shape index (κ2) is 8.96. The SMILES string of the molecule is Cc1cc([C@@H]2C[C@H]3[C@H]4C(=O)N(c5ccc(Nc6ccccc6)cc5)C(=O)[C@H]4C[C@H](C)[C@@]3(O)O2)cc(C)c1O. The van der Waals surface area contributed by atoms with E-state index in [4.69, 9.17) is 4.74 Å². The van der Waals surface area contributed by atoms with Gasteiger partial charge >= 0.3 is 0 Å². The number of para-hydroxylation sites is 1. The number of nitrogens with one attached hydrogen (secondary N) is 1. The smallest absolute Gasteiger partial charge is 0.238 e. The van der Waals surface area contributed by atoms with Gasteiger partial charge in [-0.3, -0.25) is 14.5 Å². The summed E-state index contributed by atoms with van der Waals surface area (Å²) in [7, 11) is 0. The van der Waals surface area contributed by atoms with Gasteiger partial charge in [-0.05, 0) is 91.9 Å².